The molecule has 0 bridgehead atoms. The van der Waals surface area contributed by atoms with Crippen molar-refractivity contribution in [2.75, 3.05) is 13.7 Å². The number of methoxy groups -OCH3 is 1. The number of carboxylic acids is 1. The van der Waals surface area contributed by atoms with Gasteiger partial charge in [0, 0.05) is 7.11 Å². The molecular formula is C14H21NO4. The first-order chi connectivity index (χ1) is 8.95. The average Bonchev–Trinajstić information content (AvgIpc) is 2.35. The van der Waals surface area contributed by atoms with Gasteiger partial charge in [0.15, 0.2) is 0 Å². The molecular weight excluding hydrogens is 246 g/mol. The van der Waals surface area contributed by atoms with Crippen LogP contribution in [0.4, 0.5) is 0 Å². The maximum absolute atomic E-state index is 10.8. The summed E-state index contributed by atoms with van der Waals surface area (Å²) >= 11 is 0. The number of rotatable bonds is 8. The number of hydrogen-bond acceptors (Lipinski definition) is 4. The van der Waals surface area contributed by atoms with Crippen molar-refractivity contribution in [1.29, 1.82) is 0 Å². The third-order valence-electron chi connectivity index (χ3n) is 2.81. The molecule has 0 spiro atoms. The summed E-state index contributed by atoms with van der Waals surface area (Å²) in [6, 6.07) is 7.62. The van der Waals surface area contributed by atoms with Gasteiger partial charge in [-0.3, -0.25) is 4.79 Å². The summed E-state index contributed by atoms with van der Waals surface area (Å²) in [5.74, 6) is -0.238. The van der Waals surface area contributed by atoms with E-state index < -0.39 is 11.5 Å². The first kappa shape index (κ1) is 15.5. The Morgan fingerprint density at radius 2 is 2.21 bits per heavy atom. The fourth-order valence-corrected chi connectivity index (χ4v) is 1.63. The minimum atomic E-state index is -1.19. The lowest BCUT2D eigenvalue weighted by molar-refractivity contribution is -0.142. The van der Waals surface area contributed by atoms with E-state index in [0.29, 0.717) is 26.1 Å². The zero-order chi connectivity index (χ0) is 14.3. The summed E-state index contributed by atoms with van der Waals surface area (Å²) in [6.07, 6.45) is 0.966. The molecule has 0 aliphatic carbocycles. The van der Waals surface area contributed by atoms with Crippen LogP contribution in [0, 0.1) is 0 Å². The molecule has 5 heteroatoms. The van der Waals surface area contributed by atoms with Gasteiger partial charge in [-0.25, -0.2) is 0 Å². The van der Waals surface area contributed by atoms with Gasteiger partial charge >= 0.3 is 5.97 Å². The van der Waals surface area contributed by atoms with E-state index in [2.05, 4.69) is 0 Å². The first-order valence-corrected chi connectivity index (χ1v) is 6.18. The fraction of sp³-hybridized carbons (Fsp3) is 0.500. The topological polar surface area (TPSA) is 81.8 Å². The number of nitrogens with two attached hydrogens (primary N) is 1. The van der Waals surface area contributed by atoms with Crippen LogP contribution < -0.4 is 10.5 Å². The smallest absolute Gasteiger partial charge is 0.323 e. The first-order valence-electron chi connectivity index (χ1n) is 6.18. The van der Waals surface area contributed by atoms with E-state index in [-0.39, 0.29) is 0 Å². The summed E-state index contributed by atoms with van der Waals surface area (Å²) in [6.45, 7) is 2.49. The normalized spacial score (nSPS) is 13.8. The van der Waals surface area contributed by atoms with E-state index >= 15 is 0 Å². The van der Waals surface area contributed by atoms with Crippen molar-refractivity contribution in [2.24, 2.45) is 5.73 Å². The summed E-state index contributed by atoms with van der Waals surface area (Å²) in [5.41, 5.74) is 5.47. The maximum Gasteiger partial charge on any atom is 0.323 e. The van der Waals surface area contributed by atoms with Crippen LogP contribution >= 0.6 is 0 Å². The van der Waals surface area contributed by atoms with Crippen LogP contribution in [-0.4, -0.2) is 30.3 Å². The predicted molar refractivity (Wildman–Crippen MR) is 72.1 cm³/mol. The molecule has 1 aromatic rings. The second-order valence-corrected chi connectivity index (χ2v) is 4.76. The zero-order valence-electron chi connectivity index (χ0n) is 11.4. The molecule has 1 rings (SSSR count). The quantitative estimate of drug-likeness (QED) is 0.702. The molecule has 0 saturated heterocycles. The van der Waals surface area contributed by atoms with E-state index in [9.17, 15) is 4.79 Å². The minimum absolute atomic E-state index is 0.375. The number of benzene rings is 1. The van der Waals surface area contributed by atoms with E-state index in [0.717, 1.165) is 11.3 Å². The Labute approximate surface area is 113 Å². The van der Waals surface area contributed by atoms with Crippen molar-refractivity contribution in [1.82, 2.24) is 0 Å². The summed E-state index contributed by atoms with van der Waals surface area (Å²) in [7, 11) is 1.64. The SMILES string of the molecule is COCc1cccc(OCCCC(C)(N)C(=O)O)c1. The molecule has 1 atom stereocenters. The fourth-order valence-electron chi connectivity index (χ4n) is 1.63. The van der Waals surface area contributed by atoms with Gasteiger partial charge in [-0.05, 0) is 37.5 Å². The second-order valence-electron chi connectivity index (χ2n) is 4.76. The van der Waals surface area contributed by atoms with Gasteiger partial charge in [0.25, 0.3) is 0 Å². The monoisotopic (exact) mass is 267 g/mol. The molecule has 0 aromatic heterocycles. The Morgan fingerprint density at radius 1 is 1.47 bits per heavy atom. The van der Waals surface area contributed by atoms with Crippen molar-refractivity contribution in [3.8, 4) is 5.75 Å². The molecule has 3 N–H and O–H groups in total. The third-order valence-corrected chi connectivity index (χ3v) is 2.81. The summed E-state index contributed by atoms with van der Waals surface area (Å²) in [4.78, 5) is 10.8. The van der Waals surface area contributed by atoms with Crippen molar-refractivity contribution < 1.29 is 19.4 Å². The Bertz CT molecular complexity index is 418. The Kier molecular flexibility index (Phi) is 5.79. The average molecular weight is 267 g/mol. The Morgan fingerprint density at radius 3 is 2.84 bits per heavy atom. The number of carbonyl (C=O) groups is 1. The molecule has 106 valence electrons. The van der Waals surface area contributed by atoms with Crippen LogP contribution in [-0.2, 0) is 16.1 Å². The largest absolute Gasteiger partial charge is 0.494 e. The van der Waals surface area contributed by atoms with Gasteiger partial charge in [-0.2, -0.15) is 0 Å². The van der Waals surface area contributed by atoms with E-state index in [1.807, 2.05) is 24.3 Å². The number of carboxylic acid groups (broad SMARTS) is 1. The molecule has 19 heavy (non-hydrogen) atoms. The van der Waals surface area contributed by atoms with Crippen LogP contribution in [0.3, 0.4) is 0 Å². The van der Waals surface area contributed by atoms with Gasteiger partial charge in [0.05, 0.1) is 13.2 Å². The van der Waals surface area contributed by atoms with Crippen LogP contribution in [0.5, 0.6) is 5.75 Å². The molecule has 0 radical (unpaired) electrons. The van der Waals surface area contributed by atoms with Crippen molar-refractivity contribution in [3.63, 3.8) is 0 Å². The molecule has 5 nitrogen and oxygen atoms in total. The predicted octanol–water partition coefficient (Wildman–Crippen LogP) is 1.79. The minimum Gasteiger partial charge on any atom is -0.494 e. The summed E-state index contributed by atoms with van der Waals surface area (Å²) in [5, 5.41) is 8.87. The standard InChI is InChI=1S/C14H21NO4/c1-14(15,13(16)17)7-4-8-19-12-6-3-5-11(9-12)10-18-2/h3,5-6,9H,4,7-8,10,15H2,1-2H3,(H,16,17). The molecule has 0 aliphatic rings. The molecule has 1 unspecified atom stereocenters. The van der Waals surface area contributed by atoms with Crippen LogP contribution in [0.2, 0.25) is 0 Å². The highest BCUT2D eigenvalue weighted by Gasteiger charge is 2.26. The van der Waals surface area contributed by atoms with E-state index in [1.165, 1.54) is 6.92 Å². The van der Waals surface area contributed by atoms with Crippen LogP contribution in [0.25, 0.3) is 0 Å². The number of hydrogen-bond donors (Lipinski definition) is 2. The van der Waals surface area contributed by atoms with Gasteiger partial charge in [0.1, 0.15) is 11.3 Å². The van der Waals surface area contributed by atoms with E-state index in [4.69, 9.17) is 20.3 Å². The number of aliphatic carboxylic acids is 1. The summed E-state index contributed by atoms with van der Waals surface area (Å²) < 4.78 is 10.6. The highest BCUT2D eigenvalue weighted by atomic mass is 16.5. The van der Waals surface area contributed by atoms with E-state index in [1.54, 1.807) is 7.11 Å². The zero-order valence-corrected chi connectivity index (χ0v) is 11.4. The lowest BCUT2D eigenvalue weighted by atomic mass is 9.98. The van der Waals surface area contributed by atoms with Gasteiger partial charge in [0.2, 0.25) is 0 Å². The van der Waals surface area contributed by atoms with Gasteiger partial charge in [-0.1, -0.05) is 12.1 Å². The lowest BCUT2D eigenvalue weighted by Crippen LogP contribution is -2.44. The Hall–Kier alpha value is -1.59. The van der Waals surface area contributed by atoms with Crippen LogP contribution in [0.1, 0.15) is 25.3 Å². The van der Waals surface area contributed by atoms with Crippen LogP contribution in [0.15, 0.2) is 24.3 Å². The third kappa shape index (κ3) is 5.28. The molecule has 1 aromatic carbocycles. The van der Waals surface area contributed by atoms with Crippen molar-refractivity contribution in [2.45, 2.75) is 31.9 Å². The maximum atomic E-state index is 10.8. The van der Waals surface area contributed by atoms with Crippen molar-refractivity contribution in [3.05, 3.63) is 29.8 Å². The van der Waals surface area contributed by atoms with Crippen molar-refractivity contribution >= 4 is 5.97 Å². The highest BCUT2D eigenvalue weighted by Crippen LogP contribution is 2.15. The highest BCUT2D eigenvalue weighted by molar-refractivity contribution is 5.77. The second kappa shape index (κ2) is 7.11. The molecule has 0 fully saturated rings. The van der Waals surface area contributed by atoms with Gasteiger partial charge < -0.3 is 20.3 Å². The lowest BCUT2D eigenvalue weighted by Gasteiger charge is -2.18. The molecule has 0 saturated carbocycles. The Balaban J connectivity index is 2.37. The molecule has 0 heterocycles. The molecule has 0 aliphatic heterocycles. The number of ether oxygens (including phenoxy) is 2. The van der Waals surface area contributed by atoms with Gasteiger partial charge in [-0.15, -0.1) is 0 Å². The molecule has 0 amide bonds.